The van der Waals surface area contributed by atoms with E-state index in [1.807, 2.05) is 0 Å². The Labute approximate surface area is 73.9 Å². The highest BCUT2D eigenvalue weighted by molar-refractivity contribution is 5.98. The van der Waals surface area contributed by atoms with Gasteiger partial charge in [0.2, 0.25) is 0 Å². The Morgan fingerprint density at radius 2 is 2.00 bits per heavy atom. The van der Waals surface area contributed by atoms with Gasteiger partial charge in [-0.2, -0.15) is 13.2 Å². The molecule has 0 spiro atoms. The Bertz CT molecular complexity index is 284. The molecule has 0 aromatic carbocycles. The van der Waals surface area contributed by atoms with Crippen LogP contribution in [0.3, 0.4) is 0 Å². The molecule has 1 rings (SSSR count). The van der Waals surface area contributed by atoms with Gasteiger partial charge in [0, 0.05) is 12.0 Å². The molecule has 0 saturated carbocycles. The summed E-state index contributed by atoms with van der Waals surface area (Å²) in [5, 5.41) is 0. The third-order valence-electron chi connectivity index (χ3n) is 1.94. The SMILES string of the molecule is CCC1=CC=C(C(F)(F)F)CC1=O. The van der Waals surface area contributed by atoms with E-state index in [1.54, 1.807) is 6.92 Å². The van der Waals surface area contributed by atoms with E-state index in [0.29, 0.717) is 12.0 Å². The number of hydrogen-bond donors (Lipinski definition) is 0. The average Bonchev–Trinajstić information content (AvgIpc) is 2.02. The summed E-state index contributed by atoms with van der Waals surface area (Å²) in [6.07, 6.45) is -2.15. The van der Waals surface area contributed by atoms with E-state index >= 15 is 0 Å². The third-order valence-corrected chi connectivity index (χ3v) is 1.94. The van der Waals surface area contributed by atoms with Crippen LogP contribution < -0.4 is 0 Å². The highest BCUT2D eigenvalue weighted by atomic mass is 19.4. The quantitative estimate of drug-likeness (QED) is 0.621. The van der Waals surface area contributed by atoms with Crippen LogP contribution in [-0.2, 0) is 4.79 Å². The highest BCUT2D eigenvalue weighted by Crippen LogP contribution is 2.31. The van der Waals surface area contributed by atoms with Crippen LogP contribution in [0.2, 0.25) is 0 Å². The van der Waals surface area contributed by atoms with Crippen molar-refractivity contribution >= 4 is 5.78 Å². The molecule has 0 amide bonds. The maximum absolute atomic E-state index is 12.1. The van der Waals surface area contributed by atoms with Crippen molar-refractivity contribution in [1.82, 2.24) is 0 Å². The average molecular weight is 190 g/mol. The maximum atomic E-state index is 12.1. The predicted octanol–water partition coefficient (Wildman–Crippen LogP) is 2.78. The zero-order valence-corrected chi connectivity index (χ0v) is 7.11. The first-order valence-corrected chi connectivity index (χ1v) is 3.95. The van der Waals surface area contributed by atoms with Gasteiger partial charge < -0.3 is 0 Å². The van der Waals surface area contributed by atoms with Gasteiger partial charge in [0.05, 0.1) is 0 Å². The summed E-state index contributed by atoms with van der Waals surface area (Å²) >= 11 is 0. The number of rotatable bonds is 1. The summed E-state index contributed by atoms with van der Waals surface area (Å²) in [6, 6.07) is 0. The van der Waals surface area contributed by atoms with E-state index in [1.165, 1.54) is 6.08 Å². The van der Waals surface area contributed by atoms with Crippen molar-refractivity contribution in [3.05, 3.63) is 23.3 Å². The van der Waals surface area contributed by atoms with Gasteiger partial charge >= 0.3 is 6.18 Å². The summed E-state index contributed by atoms with van der Waals surface area (Å²) in [6.45, 7) is 1.75. The summed E-state index contributed by atoms with van der Waals surface area (Å²) in [7, 11) is 0. The minimum atomic E-state index is -4.37. The van der Waals surface area contributed by atoms with Crippen LogP contribution in [0.1, 0.15) is 19.8 Å². The molecular formula is C9H9F3O. The lowest BCUT2D eigenvalue weighted by molar-refractivity contribution is -0.120. The number of carbonyl (C=O) groups excluding carboxylic acids is 1. The Balaban J connectivity index is 2.91. The van der Waals surface area contributed by atoms with Crippen LogP contribution in [0, 0.1) is 0 Å². The Morgan fingerprint density at radius 3 is 2.38 bits per heavy atom. The Hall–Kier alpha value is -1.06. The lowest BCUT2D eigenvalue weighted by Crippen LogP contribution is -2.18. The first-order valence-electron chi connectivity index (χ1n) is 3.95. The number of ketones is 1. The van der Waals surface area contributed by atoms with Gasteiger partial charge in [0.1, 0.15) is 0 Å². The molecule has 0 aromatic rings. The molecule has 1 aliphatic rings. The van der Waals surface area contributed by atoms with Crippen LogP contribution in [-0.4, -0.2) is 12.0 Å². The van der Waals surface area contributed by atoms with Crippen LogP contribution in [0.5, 0.6) is 0 Å². The molecule has 0 bridgehead atoms. The van der Waals surface area contributed by atoms with Gasteiger partial charge in [-0.05, 0) is 12.0 Å². The largest absolute Gasteiger partial charge is 0.413 e. The van der Waals surface area contributed by atoms with E-state index in [4.69, 9.17) is 0 Å². The fourth-order valence-corrected chi connectivity index (χ4v) is 1.15. The fourth-order valence-electron chi connectivity index (χ4n) is 1.15. The number of carbonyl (C=O) groups is 1. The van der Waals surface area contributed by atoms with Crippen LogP contribution in [0.25, 0.3) is 0 Å². The van der Waals surface area contributed by atoms with Crippen LogP contribution >= 0.6 is 0 Å². The van der Waals surface area contributed by atoms with Crippen LogP contribution in [0.4, 0.5) is 13.2 Å². The van der Waals surface area contributed by atoms with Crippen LogP contribution in [0.15, 0.2) is 23.3 Å². The molecule has 13 heavy (non-hydrogen) atoms. The Kier molecular flexibility index (Phi) is 2.59. The molecule has 0 atom stereocenters. The second-order valence-corrected chi connectivity index (χ2v) is 2.84. The van der Waals surface area contributed by atoms with Gasteiger partial charge in [0.25, 0.3) is 0 Å². The number of halogens is 3. The number of hydrogen-bond acceptors (Lipinski definition) is 1. The van der Waals surface area contributed by atoms with Crippen molar-refractivity contribution in [2.24, 2.45) is 0 Å². The van der Waals surface area contributed by atoms with Gasteiger partial charge in [-0.1, -0.05) is 19.1 Å². The summed E-state index contributed by atoms with van der Waals surface area (Å²) in [4.78, 5) is 11.1. The molecule has 1 nitrogen and oxygen atoms in total. The predicted molar refractivity (Wildman–Crippen MR) is 42.1 cm³/mol. The van der Waals surface area contributed by atoms with Crippen molar-refractivity contribution < 1.29 is 18.0 Å². The lowest BCUT2D eigenvalue weighted by Gasteiger charge is -2.14. The van der Waals surface area contributed by atoms with E-state index in [-0.39, 0.29) is 0 Å². The maximum Gasteiger partial charge on any atom is 0.413 e. The van der Waals surface area contributed by atoms with Gasteiger partial charge in [-0.15, -0.1) is 0 Å². The number of allylic oxidation sites excluding steroid dienone is 4. The van der Waals surface area contributed by atoms with Crippen molar-refractivity contribution in [1.29, 1.82) is 0 Å². The fraction of sp³-hybridized carbons (Fsp3) is 0.444. The molecule has 0 radical (unpaired) electrons. The van der Waals surface area contributed by atoms with Gasteiger partial charge in [0.15, 0.2) is 5.78 Å². The molecular weight excluding hydrogens is 181 g/mol. The zero-order chi connectivity index (χ0) is 10.1. The van der Waals surface area contributed by atoms with Gasteiger partial charge in [-0.3, -0.25) is 4.79 Å². The van der Waals surface area contributed by atoms with Crippen molar-refractivity contribution in [2.45, 2.75) is 25.9 Å². The molecule has 0 unspecified atom stereocenters. The normalized spacial score (nSPS) is 18.3. The van der Waals surface area contributed by atoms with E-state index < -0.39 is 24.0 Å². The molecule has 0 aromatic heterocycles. The summed E-state index contributed by atoms with van der Waals surface area (Å²) in [5.41, 5.74) is -0.289. The minimum Gasteiger partial charge on any atom is -0.294 e. The molecule has 1 aliphatic carbocycles. The molecule has 4 heteroatoms. The summed E-state index contributed by atoms with van der Waals surface area (Å²) in [5.74, 6) is -0.419. The number of Topliss-reactive ketones (excluding diaryl/α,β-unsaturated/α-hetero) is 1. The Morgan fingerprint density at radius 1 is 1.38 bits per heavy atom. The topological polar surface area (TPSA) is 17.1 Å². The van der Waals surface area contributed by atoms with Gasteiger partial charge in [-0.25, -0.2) is 0 Å². The van der Waals surface area contributed by atoms with E-state index in [2.05, 4.69) is 0 Å². The molecule has 0 N–H and O–H groups in total. The zero-order valence-electron chi connectivity index (χ0n) is 7.11. The number of alkyl halides is 3. The van der Waals surface area contributed by atoms with E-state index in [9.17, 15) is 18.0 Å². The molecule has 72 valence electrons. The van der Waals surface area contributed by atoms with E-state index in [0.717, 1.165) is 6.08 Å². The molecule has 0 aliphatic heterocycles. The highest BCUT2D eigenvalue weighted by Gasteiger charge is 2.35. The third kappa shape index (κ3) is 2.20. The van der Waals surface area contributed by atoms with Crippen molar-refractivity contribution in [3.8, 4) is 0 Å². The molecule has 0 saturated heterocycles. The smallest absolute Gasteiger partial charge is 0.294 e. The van der Waals surface area contributed by atoms with Crippen molar-refractivity contribution in [2.75, 3.05) is 0 Å². The van der Waals surface area contributed by atoms with Crippen molar-refractivity contribution in [3.63, 3.8) is 0 Å². The molecule has 0 heterocycles. The summed E-state index contributed by atoms with van der Waals surface area (Å²) < 4.78 is 36.3. The first kappa shape index (κ1) is 10.0. The standard InChI is InChI=1S/C9H9F3O/c1-2-6-3-4-7(5-8(6)13)9(10,11)12/h3-4H,2,5H2,1H3. The second-order valence-electron chi connectivity index (χ2n) is 2.84. The minimum absolute atomic E-state index is 0.419. The molecule has 0 fully saturated rings. The first-order chi connectivity index (χ1) is 5.95. The second kappa shape index (κ2) is 3.36. The lowest BCUT2D eigenvalue weighted by atomic mass is 9.95. The monoisotopic (exact) mass is 190 g/mol.